The van der Waals surface area contributed by atoms with Crippen molar-refractivity contribution in [2.45, 2.75) is 45.1 Å². The zero-order valence-electron chi connectivity index (χ0n) is 12.9. The molecule has 4 nitrogen and oxygen atoms in total. The first-order chi connectivity index (χ1) is 10.7. The number of aromatic nitrogens is 2. The van der Waals surface area contributed by atoms with E-state index in [2.05, 4.69) is 15.6 Å². The smallest absolute Gasteiger partial charge is 0.264 e. The molecule has 0 N–H and O–H groups in total. The zero-order valence-corrected chi connectivity index (χ0v) is 13.7. The monoisotopic (exact) mass is 315 g/mol. The Morgan fingerprint density at radius 2 is 2.27 bits per heavy atom. The van der Waals surface area contributed by atoms with Crippen LogP contribution in [0.5, 0.6) is 0 Å². The Hall–Kier alpha value is -1.62. The first-order valence-corrected chi connectivity index (χ1v) is 8.94. The summed E-state index contributed by atoms with van der Waals surface area (Å²) in [5, 5.41) is 0. The van der Waals surface area contributed by atoms with Gasteiger partial charge in [0, 0.05) is 30.4 Å². The summed E-state index contributed by atoms with van der Waals surface area (Å²) >= 11 is 1.72. The van der Waals surface area contributed by atoms with E-state index in [0.717, 1.165) is 49.5 Å². The molecule has 2 aromatic rings. The Morgan fingerprint density at radius 1 is 1.36 bits per heavy atom. The number of rotatable bonds is 2. The molecule has 0 bridgehead atoms. The Kier molecular flexibility index (Phi) is 3.53. The van der Waals surface area contributed by atoms with Crippen LogP contribution in [0, 0.1) is 6.92 Å². The third-order valence-corrected chi connectivity index (χ3v) is 6.12. The number of piperidine rings is 1. The van der Waals surface area contributed by atoms with E-state index in [4.69, 9.17) is 0 Å². The fraction of sp³-hybridized carbons (Fsp3) is 0.529. The van der Waals surface area contributed by atoms with Crippen molar-refractivity contribution in [2.24, 2.45) is 0 Å². The van der Waals surface area contributed by atoms with Gasteiger partial charge in [0.05, 0.1) is 10.9 Å². The van der Waals surface area contributed by atoms with Crippen molar-refractivity contribution in [3.05, 3.63) is 39.6 Å². The third-order valence-electron chi connectivity index (χ3n) is 4.90. The summed E-state index contributed by atoms with van der Waals surface area (Å²) in [4.78, 5) is 21.5. The SMILES string of the molecule is Cc1nccn1[C@H]1CCCN(C(=O)c2cc3c(s2)CCC3)C1. The summed E-state index contributed by atoms with van der Waals surface area (Å²) in [6.45, 7) is 3.72. The minimum absolute atomic E-state index is 0.224. The van der Waals surface area contributed by atoms with Gasteiger partial charge in [-0.3, -0.25) is 4.79 Å². The summed E-state index contributed by atoms with van der Waals surface area (Å²) in [5.74, 6) is 1.26. The minimum Gasteiger partial charge on any atom is -0.336 e. The summed E-state index contributed by atoms with van der Waals surface area (Å²) in [6.07, 6.45) is 9.63. The van der Waals surface area contributed by atoms with E-state index in [1.165, 1.54) is 16.9 Å². The Bertz CT molecular complexity index is 681. The molecule has 2 aliphatic rings. The fourth-order valence-electron chi connectivity index (χ4n) is 3.73. The number of imidazole rings is 1. The van der Waals surface area contributed by atoms with Gasteiger partial charge in [-0.05, 0) is 50.7 Å². The number of thiophene rings is 1. The standard InChI is InChI=1S/C17H21N3OS/c1-12-18-7-9-20(12)14-5-3-8-19(11-14)17(21)16-10-13-4-2-6-15(13)22-16/h7,9-10,14H,2-6,8,11H2,1H3/t14-/m0/s1. The second kappa shape index (κ2) is 5.54. The summed E-state index contributed by atoms with van der Waals surface area (Å²) in [5.41, 5.74) is 1.41. The van der Waals surface area contributed by atoms with Crippen LogP contribution in [-0.2, 0) is 12.8 Å². The van der Waals surface area contributed by atoms with E-state index in [-0.39, 0.29) is 5.91 Å². The van der Waals surface area contributed by atoms with Crippen molar-refractivity contribution < 1.29 is 4.79 Å². The number of fused-ring (bicyclic) bond motifs is 1. The van der Waals surface area contributed by atoms with Crippen LogP contribution in [0.25, 0.3) is 0 Å². The second-order valence-corrected chi connectivity index (χ2v) is 7.48. The normalized spacial score (nSPS) is 21.1. The molecule has 0 saturated carbocycles. The Balaban J connectivity index is 1.52. The lowest BCUT2D eigenvalue weighted by molar-refractivity contribution is 0.0683. The average Bonchev–Trinajstić information content (AvgIpc) is 3.21. The van der Waals surface area contributed by atoms with Crippen molar-refractivity contribution in [2.75, 3.05) is 13.1 Å². The van der Waals surface area contributed by atoms with Crippen molar-refractivity contribution >= 4 is 17.2 Å². The lowest BCUT2D eigenvalue weighted by atomic mass is 10.0. The highest BCUT2D eigenvalue weighted by Crippen LogP contribution is 2.32. The molecule has 4 rings (SSSR count). The van der Waals surface area contributed by atoms with Gasteiger partial charge >= 0.3 is 0 Å². The van der Waals surface area contributed by atoms with Gasteiger partial charge in [-0.15, -0.1) is 11.3 Å². The summed E-state index contributed by atoms with van der Waals surface area (Å²) in [6, 6.07) is 2.51. The number of nitrogens with zero attached hydrogens (tertiary/aromatic N) is 3. The first kappa shape index (κ1) is 14.0. The maximum atomic E-state index is 12.8. The number of hydrogen-bond donors (Lipinski definition) is 0. The highest BCUT2D eigenvalue weighted by atomic mass is 32.1. The molecule has 22 heavy (non-hydrogen) atoms. The molecule has 3 heterocycles. The number of hydrogen-bond acceptors (Lipinski definition) is 3. The van der Waals surface area contributed by atoms with Gasteiger partial charge in [-0.25, -0.2) is 4.98 Å². The number of likely N-dealkylation sites (tertiary alicyclic amines) is 1. The van der Waals surface area contributed by atoms with Gasteiger partial charge in [-0.1, -0.05) is 0 Å². The molecular weight excluding hydrogens is 294 g/mol. The molecule has 0 aromatic carbocycles. The van der Waals surface area contributed by atoms with E-state index >= 15 is 0 Å². The van der Waals surface area contributed by atoms with E-state index in [9.17, 15) is 4.79 Å². The van der Waals surface area contributed by atoms with Gasteiger partial charge in [0.25, 0.3) is 5.91 Å². The molecule has 0 unspecified atom stereocenters. The van der Waals surface area contributed by atoms with E-state index in [0.29, 0.717) is 6.04 Å². The molecule has 1 atom stereocenters. The predicted molar refractivity (Wildman–Crippen MR) is 87.5 cm³/mol. The van der Waals surface area contributed by atoms with Crippen LogP contribution in [0.1, 0.15) is 51.2 Å². The summed E-state index contributed by atoms with van der Waals surface area (Å²) < 4.78 is 2.22. The van der Waals surface area contributed by atoms with Crippen LogP contribution in [0.4, 0.5) is 0 Å². The molecule has 1 aliphatic heterocycles. The maximum absolute atomic E-state index is 12.8. The third kappa shape index (κ3) is 2.37. The van der Waals surface area contributed by atoms with Gasteiger partial charge < -0.3 is 9.47 Å². The molecule has 1 fully saturated rings. The average molecular weight is 315 g/mol. The van der Waals surface area contributed by atoms with Gasteiger partial charge in [-0.2, -0.15) is 0 Å². The molecule has 1 aliphatic carbocycles. The molecule has 2 aromatic heterocycles. The van der Waals surface area contributed by atoms with Crippen LogP contribution in [-0.4, -0.2) is 33.4 Å². The van der Waals surface area contributed by atoms with Crippen molar-refractivity contribution in [3.8, 4) is 0 Å². The highest BCUT2D eigenvalue weighted by molar-refractivity contribution is 7.14. The van der Waals surface area contributed by atoms with Crippen LogP contribution < -0.4 is 0 Å². The van der Waals surface area contributed by atoms with E-state index in [1.807, 2.05) is 24.2 Å². The van der Waals surface area contributed by atoms with Crippen LogP contribution >= 0.6 is 11.3 Å². The van der Waals surface area contributed by atoms with Crippen LogP contribution in [0.3, 0.4) is 0 Å². The zero-order chi connectivity index (χ0) is 15.1. The number of aryl methyl sites for hydroxylation is 3. The lowest BCUT2D eigenvalue weighted by Gasteiger charge is -2.33. The van der Waals surface area contributed by atoms with Gasteiger partial charge in [0.1, 0.15) is 5.82 Å². The molecule has 0 spiro atoms. The highest BCUT2D eigenvalue weighted by Gasteiger charge is 2.28. The number of carbonyl (C=O) groups excluding carboxylic acids is 1. The van der Waals surface area contributed by atoms with Crippen molar-refractivity contribution in [1.82, 2.24) is 14.5 Å². The molecule has 1 saturated heterocycles. The predicted octanol–water partition coefficient (Wildman–Crippen LogP) is 3.22. The number of amides is 1. The topological polar surface area (TPSA) is 38.1 Å². The lowest BCUT2D eigenvalue weighted by Crippen LogP contribution is -2.40. The van der Waals surface area contributed by atoms with Gasteiger partial charge in [0.15, 0.2) is 0 Å². The van der Waals surface area contributed by atoms with Crippen LogP contribution in [0.15, 0.2) is 18.5 Å². The summed E-state index contributed by atoms with van der Waals surface area (Å²) in [7, 11) is 0. The first-order valence-electron chi connectivity index (χ1n) is 8.12. The van der Waals surface area contributed by atoms with E-state index < -0.39 is 0 Å². The van der Waals surface area contributed by atoms with Gasteiger partial charge in [0.2, 0.25) is 0 Å². The molecular formula is C17H21N3OS. The second-order valence-electron chi connectivity index (χ2n) is 6.34. The molecule has 1 amide bonds. The fourth-order valence-corrected chi connectivity index (χ4v) is 4.95. The Labute approximate surface area is 134 Å². The van der Waals surface area contributed by atoms with Crippen molar-refractivity contribution in [3.63, 3.8) is 0 Å². The molecule has 116 valence electrons. The van der Waals surface area contributed by atoms with E-state index in [1.54, 1.807) is 11.3 Å². The number of carbonyl (C=O) groups is 1. The quantitative estimate of drug-likeness (QED) is 0.853. The largest absolute Gasteiger partial charge is 0.336 e. The molecule has 5 heteroatoms. The minimum atomic E-state index is 0.224. The van der Waals surface area contributed by atoms with Crippen LogP contribution in [0.2, 0.25) is 0 Å². The van der Waals surface area contributed by atoms with Crippen molar-refractivity contribution in [1.29, 1.82) is 0 Å². The maximum Gasteiger partial charge on any atom is 0.264 e. The Morgan fingerprint density at radius 3 is 3.05 bits per heavy atom. The molecule has 0 radical (unpaired) electrons.